The Bertz CT molecular complexity index is 978. The molecule has 9 heteroatoms. The molecule has 0 aliphatic carbocycles. The number of amides is 1. The standard InChI is InChI=1S/C19H22F2N2O4S/c1-12(2)13-5-8-17(27-4)18(9-13)28(25,26)23(3)11-19(24)22-16-7-6-14(20)10-15(16)21/h5-10,12H,11H2,1-4H3,(H,22,24). The molecule has 0 bridgehead atoms. The van der Waals surface area contributed by atoms with Crippen molar-refractivity contribution < 1.29 is 26.7 Å². The summed E-state index contributed by atoms with van der Waals surface area (Å²) in [6.07, 6.45) is 0. The number of nitrogens with one attached hydrogen (secondary N) is 1. The lowest BCUT2D eigenvalue weighted by Gasteiger charge is -2.20. The number of hydrogen-bond donors (Lipinski definition) is 1. The molecule has 0 unspecified atom stereocenters. The highest BCUT2D eigenvalue weighted by Crippen LogP contribution is 2.30. The molecule has 6 nitrogen and oxygen atoms in total. The van der Waals surface area contributed by atoms with E-state index in [-0.39, 0.29) is 22.3 Å². The Morgan fingerprint density at radius 1 is 1.18 bits per heavy atom. The predicted molar refractivity (Wildman–Crippen MR) is 102 cm³/mol. The highest BCUT2D eigenvalue weighted by molar-refractivity contribution is 7.89. The first-order valence-corrected chi connectivity index (χ1v) is 9.89. The summed E-state index contributed by atoms with van der Waals surface area (Å²) in [7, 11) is -1.46. The van der Waals surface area contributed by atoms with E-state index in [0.717, 1.165) is 22.0 Å². The fourth-order valence-electron chi connectivity index (χ4n) is 2.49. The van der Waals surface area contributed by atoms with Gasteiger partial charge in [0, 0.05) is 13.1 Å². The van der Waals surface area contributed by atoms with Gasteiger partial charge in [-0.05, 0) is 35.7 Å². The Kier molecular flexibility index (Phi) is 6.73. The summed E-state index contributed by atoms with van der Waals surface area (Å²) in [4.78, 5) is 12.1. The molecule has 0 heterocycles. The molecule has 2 rings (SSSR count). The van der Waals surface area contributed by atoms with Gasteiger partial charge in [0.25, 0.3) is 0 Å². The monoisotopic (exact) mass is 412 g/mol. The van der Waals surface area contributed by atoms with E-state index in [1.807, 2.05) is 13.8 Å². The highest BCUT2D eigenvalue weighted by atomic mass is 32.2. The van der Waals surface area contributed by atoms with Gasteiger partial charge in [-0.3, -0.25) is 4.79 Å². The van der Waals surface area contributed by atoms with Crippen LogP contribution in [0.15, 0.2) is 41.3 Å². The van der Waals surface area contributed by atoms with E-state index in [1.165, 1.54) is 20.2 Å². The van der Waals surface area contributed by atoms with E-state index in [0.29, 0.717) is 6.07 Å². The molecule has 0 aliphatic heterocycles. The maximum atomic E-state index is 13.7. The molecule has 0 aliphatic rings. The molecule has 1 amide bonds. The van der Waals surface area contributed by atoms with Crippen molar-refractivity contribution in [2.24, 2.45) is 0 Å². The summed E-state index contributed by atoms with van der Waals surface area (Å²) in [5.74, 6) is -2.26. The minimum atomic E-state index is -4.05. The predicted octanol–water partition coefficient (Wildman–Crippen LogP) is 3.36. The summed E-state index contributed by atoms with van der Waals surface area (Å²) < 4.78 is 58.5. The van der Waals surface area contributed by atoms with Gasteiger partial charge in [-0.15, -0.1) is 0 Å². The highest BCUT2D eigenvalue weighted by Gasteiger charge is 2.27. The van der Waals surface area contributed by atoms with Crippen molar-refractivity contribution in [2.45, 2.75) is 24.7 Å². The van der Waals surface area contributed by atoms with Crippen molar-refractivity contribution >= 4 is 21.6 Å². The van der Waals surface area contributed by atoms with E-state index >= 15 is 0 Å². The zero-order valence-corrected chi connectivity index (χ0v) is 16.8. The lowest BCUT2D eigenvalue weighted by atomic mass is 10.0. The number of rotatable bonds is 7. The van der Waals surface area contributed by atoms with E-state index in [2.05, 4.69) is 5.32 Å². The number of nitrogens with zero attached hydrogens (tertiary/aromatic N) is 1. The van der Waals surface area contributed by atoms with Crippen LogP contribution in [0.1, 0.15) is 25.3 Å². The lowest BCUT2D eigenvalue weighted by molar-refractivity contribution is -0.116. The minimum absolute atomic E-state index is 0.0653. The molecule has 0 saturated carbocycles. The topological polar surface area (TPSA) is 75.7 Å². The number of hydrogen-bond acceptors (Lipinski definition) is 4. The van der Waals surface area contributed by atoms with Crippen LogP contribution in [0.3, 0.4) is 0 Å². The third-order valence-electron chi connectivity index (χ3n) is 4.11. The van der Waals surface area contributed by atoms with Crippen LogP contribution in [0.2, 0.25) is 0 Å². The Balaban J connectivity index is 2.24. The SMILES string of the molecule is COc1ccc(C(C)C)cc1S(=O)(=O)N(C)CC(=O)Nc1ccc(F)cc1F. The average Bonchev–Trinajstić information content (AvgIpc) is 2.63. The van der Waals surface area contributed by atoms with Crippen LogP contribution in [-0.2, 0) is 14.8 Å². The van der Waals surface area contributed by atoms with Gasteiger partial charge in [-0.1, -0.05) is 19.9 Å². The first kappa shape index (κ1) is 21.8. The van der Waals surface area contributed by atoms with Gasteiger partial charge in [-0.2, -0.15) is 4.31 Å². The van der Waals surface area contributed by atoms with E-state index in [4.69, 9.17) is 4.74 Å². The molecule has 0 radical (unpaired) electrons. The largest absolute Gasteiger partial charge is 0.495 e. The molecule has 0 saturated heterocycles. The molecule has 2 aromatic carbocycles. The molecule has 0 atom stereocenters. The third kappa shape index (κ3) is 4.85. The lowest BCUT2D eigenvalue weighted by Crippen LogP contribution is -2.35. The second kappa shape index (κ2) is 8.66. The van der Waals surface area contributed by atoms with Crippen molar-refractivity contribution in [1.82, 2.24) is 4.31 Å². The van der Waals surface area contributed by atoms with Crippen molar-refractivity contribution in [3.05, 3.63) is 53.6 Å². The number of carbonyl (C=O) groups is 1. The zero-order chi connectivity index (χ0) is 21.1. The van der Waals surface area contributed by atoms with Crippen LogP contribution in [0.25, 0.3) is 0 Å². The fraction of sp³-hybridized carbons (Fsp3) is 0.316. The first-order chi connectivity index (χ1) is 13.1. The number of anilines is 1. The second-order valence-corrected chi connectivity index (χ2v) is 8.51. The Morgan fingerprint density at radius 3 is 2.43 bits per heavy atom. The number of ether oxygens (including phenoxy) is 1. The third-order valence-corrected chi connectivity index (χ3v) is 5.94. The van der Waals surface area contributed by atoms with Gasteiger partial charge >= 0.3 is 0 Å². The van der Waals surface area contributed by atoms with E-state index < -0.39 is 34.1 Å². The van der Waals surface area contributed by atoms with Crippen LogP contribution in [0.4, 0.5) is 14.5 Å². The number of likely N-dealkylation sites (N-methyl/N-ethyl adjacent to an activating group) is 1. The molecule has 152 valence electrons. The smallest absolute Gasteiger partial charge is 0.246 e. The number of halogens is 2. The van der Waals surface area contributed by atoms with Crippen molar-refractivity contribution in [3.63, 3.8) is 0 Å². The van der Waals surface area contributed by atoms with Crippen LogP contribution < -0.4 is 10.1 Å². The number of sulfonamides is 1. The summed E-state index contributed by atoms with van der Waals surface area (Å²) in [6, 6.07) is 7.51. The molecular weight excluding hydrogens is 390 g/mol. The molecule has 0 fully saturated rings. The molecule has 0 aromatic heterocycles. The van der Waals surface area contributed by atoms with Crippen LogP contribution in [-0.4, -0.2) is 39.3 Å². The summed E-state index contributed by atoms with van der Waals surface area (Å²) in [5, 5.41) is 2.23. The molecule has 1 N–H and O–H groups in total. The van der Waals surface area contributed by atoms with Crippen molar-refractivity contribution in [3.8, 4) is 5.75 Å². The Labute approximate surface area is 163 Å². The average molecular weight is 412 g/mol. The quantitative estimate of drug-likeness (QED) is 0.757. The van der Waals surface area contributed by atoms with Gasteiger partial charge in [0.1, 0.15) is 22.3 Å². The fourth-order valence-corrected chi connectivity index (χ4v) is 3.80. The Morgan fingerprint density at radius 2 is 1.86 bits per heavy atom. The molecule has 2 aromatic rings. The maximum absolute atomic E-state index is 13.7. The molecule has 28 heavy (non-hydrogen) atoms. The number of carbonyl (C=O) groups excluding carboxylic acids is 1. The normalized spacial score (nSPS) is 11.7. The number of methoxy groups -OCH3 is 1. The van der Waals surface area contributed by atoms with Crippen LogP contribution >= 0.6 is 0 Å². The van der Waals surface area contributed by atoms with E-state index in [1.54, 1.807) is 12.1 Å². The van der Waals surface area contributed by atoms with Crippen LogP contribution in [0.5, 0.6) is 5.75 Å². The Hall–Kier alpha value is -2.52. The summed E-state index contributed by atoms with van der Waals surface area (Å²) in [6.45, 7) is 3.29. The van der Waals surface area contributed by atoms with E-state index in [9.17, 15) is 22.0 Å². The van der Waals surface area contributed by atoms with Gasteiger partial charge in [-0.25, -0.2) is 17.2 Å². The zero-order valence-electron chi connectivity index (χ0n) is 16.0. The summed E-state index contributed by atoms with van der Waals surface area (Å²) in [5.41, 5.74) is 0.558. The van der Waals surface area contributed by atoms with Gasteiger partial charge < -0.3 is 10.1 Å². The van der Waals surface area contributed by atoms with Gasteiger partial charge in [0.05, 0.1) is 19.3 Å². The van der Waals surface area contributed by atoms with Crippen molar-refractivity contribution in [1.29, 1.82) is 0 Å². The number of benzene rings is 2. The van der Waals surface area contributed by atoms with Gasteiger partial charge in [0.15, 0.2) is 0 Å². The summed E-state index contributed by atoms with van der Waals surface area (Å²) >= 11 is 0. The minimum Gasteiger partial charge on any atom is -0.495 e. The molecule has 0 spiro atoms. The van der Waals surface area contributed by atoms with Gasteiger partial charge in [0.2, 0.25) is 15.9 Å². The van der Waals surface area contributed by atoms with Crippen LogP contribution in [0, 0.1) is 11.6 Å². The van der Waals surface area contributed by atoms with Crippen molar-refractivity contribution in [2.75, 3.05) is 26.0 Å². The maximum Gasteiger partial charge on any atom is 0.246 e. The molecular formula is C19H22F2N2O4S. The first-order valence-electron chi connectivity index (χ1n) is 8.45. The second-order valence-electron chi connectivity index (χ2n) is 6.50.